The van der Waals surface area contributed by atoms with E-state index in [2.05, 4.69) is 6.92 Å². The number of carbonyl (C=O) groups excluding carboxylic acids is 1. The largest absolute Gasteiger partial charge is 0.493 e. The van der Waals surface area contributed by atoms with Gasteiger partial charge in [0.25, 0.3) is 0 Å². The maximum atomic E-state index is 11.8. The van der Waals surface area contributed by atoms with Crippen LogP contribution >= 0.6 is 0 Å². The molecule has 1 unspecified atom stereocenters. The van der Waals surface area contributed by atoms with Gasteiger partial charge in [0.05, 0.1) is 25.3 Å². The van der Waals surface area contributed by atoms with Crippen molar-refractivity contribution in [3.63, 3.8) is 0 Å². The summed E-state index contributed by atoms with van der Waals surface area (Å²) in [4.78, 5) is 11.8. The van der Waals surface area contributed by atoms with Crippen LogP contribution in [0.15, 0.2) is 12.1 Å². The van der Waals surface area contributed by atoms with E-state index in [1.165, 1.54) is 0 Å². The third-order valence-electron chi connectivity index (χ3n) is 3.20. The van der Waals surface area contributed by atoms with Crippen molar-refractivity contribution in [3.05, 3.63) is 23.3 Å². The predicted molar refractivity (Wildman–Crippen MR) is 67.2 cm³/mol. The molecule has 1 atom stereocenters. The van der Waals surface area contributed by atoms with Crippen molar-refractivity contribution in [1.29, 1.82) is 0 Å². The molecule has 18 heavy (non-hydrogen) atoms. The number of hydrogen-bond donors (Lipinski definition) is 0. The fourth-order valence-corrected chi connectivity index (χ4v) is 2.29. The van der Waals surface area contributed by atoms with Crippen LogP contribution in [0, 0.1) is 0 Å². The van der Waals surface area contributed by atoms with Gasteiger partial charge in [-0.25, -0.2) is 4.79 Å². The van der Waals surface area contributed by atoms with E-state index in [1.807, 2.05) is 0 Å². The molecule has 98 valence electrons. The summed E-state index contributed by atoms with van der Waals surface area (Å²) in [6.45, 7) is 2.11. The van der Waals surface area contributed by atoms with Gasteiger partial charge >= 0.3 is 5.97 Å². The third-order valence-corrected chi connectivity index (χ3v) is 3.20. The SMILES string of the molecule is CCCCC1OC(=O)c2ccc(OC)c(OC)c21. The van der Waals surface area contributed by atoms with E-state index >= 15 is 0 Å². The van der Waals surface area contributed by atoms with E-state index < -0.39 is 0 Å². The molecule has 0 saturated carbocycles. The molecular weight excluding hydrogens is 232 g/mol. The summed E-state index contributed by atoms with van der Waals surface area (Å²) >= 11 is 0. The van der Waals surface area contributed by atoms with Crippen LogP contribution in [0.3, 0.4) is 0 Å². The molecule has 4 heteroatoms. The monoisotopic (exact) mass is 250 g/mol. The molecule has 1 heterocycles. The molecule has 0 spiro atoms. The van der Waals surface area contributed by atoms with E-state index in [1.54, 1.807) is 26.4 Å². The Balaban J connectivity index is 2.44. The van der Waals surface area contributed by atoms with Crippen LogP contribution in [0.4, 0.5) is 0 Å². The number of methoxy groups -OCH3 is 2. The predicted octanol–water partition coefficient (Wildman–Crippen LogP) is 3.11. The summed E-state index contributed by atoms with van der Waals surface area (Å²) in [5, 5.41) is 0. The van der Waals surface area contributed by atoms with E-state index in [-0.39, 0.29) is 12.1 Å². The van der Waals surface area contributed by atoms with Crippen LogP contribution in [0.25, 0.3) is 0 Å². The molecule has 0 radical (unpaired) electrons. The Morgan fingerprint density at radius 2 is 2.06 bits per heavy atom. The highest BCUT2D eigenvalue weighted by molar-refractivity contribution is 5.95. The lowest BCUT2D eigenvalue weighted by molar-refractivity contribution is 0.0361. The van der Waals surface area contributed by atoms with Crippen LogP contribution < -0.4 is 9.47 Å². The van der Waals surface area contributed by atoms with Gasteiger partial charge in [-0.15, -0.1) is 0 Å². The van der Waals surface area contributed by atoms with E-state index in [0.29, 0.717) is 17.1 Å². The molecule has 2 rings (SSSR count). The molecule has 1 aliphatic heterocycles. The number of rotatable bonds is 5. The van der Waals surface area contributed by atoms with Gasteiger partial charge in [-0.3, -0.25) is 0 Å². The summed E-state index contributed by atoms with van der Waals surface area (Å²) in [6, 6.07) is 3.48. The summed E-state index contributed by atoms with van der Waals surface area (Å²) < 4.78 is 16.0. The number of unbranched alkanes of at least 4 members (excludes halogenated alkanes) is 1. The fraction of sp³-hybridized carbons (Fsp3) is 0.500. The molecule has 0 amide bonds. The lowest BCUT2D eigenvalue weighted by atomic mass is 9.99. The Bertz CT molecular complexity index is 453. The van der Waals surface area contributed by atoms with Crippen LogP contribution in [0.1, 0.15) is 48.2 Å². The van der Waals surface area contributed by atoms with Crippen molar-refractivity contribution in [2.45, 2.75) is 32.3 Å². The Kier molecular flexibility index (Phi) is 3.75. The van der Waals surface area contributed by atoms with Crippen LogP contribution in [-0.4, -0.2) is 20.2 Å². The first-order chi connectivity index (χ1) is 8.72. The van der Waals surface area contributed by atoms with E-state index in [9.17, 15) is 4.79 Å². The first kappa shape index (κ1) is 12.7. The molecule has 1 aromatic carbocycles. The molecular formula is C14H18O4. The average Bonchev–Trinajstić information content (AvgIpc) is 2.72. The Hall–Kier alpha value is -1.71. The van der Waals surface area contributed by atoms with Gasteiger partial charge in [0.2, 0.25) is 0 Å². The van der Waals surface area contributed by atoms with Crippen molar-refractivity contribution in [3.8, 4) is 11.5 Å². The van der Waals surface area contributed by atoms with Crippen molar-refractivity contribution in [2.75, 3.05) is 14.2 Å². The molecule has 1 aliphatic rings. The number of ether oxygens (including phenoxy) is 3. The maximum Gasteiger partial charge on any atom is 0.339 e. The van der Waals surface area contributed by atoms with Crippen LogP contribution in [-0.2, 0) is 4.74 Å². The van der Waals surface area contributed by atoms with Gasteiger partial charge < -0.3 is 14.2 Å². The lowest BCUT2D eigenvalue weighted by Crippen LogP contribution is -2.01. The molecule has 4 nitrogen and oxygen atoms in total. The van der Waals surface area contributed by atoms with Gasteiger partial charge in [-0.05, 0) is 25.0 Å². The highest BCUT2D eigenvalue weighted by atomic mass is 16.6. The van der Waals surface area contributed by atoms with Gasteiger partial charge in [-0.2, -0.15) is 0 Å². The first-order valence-electron chi connectivity index (χ1n) is 6.18. The second-order valence-corrected chi connectivity index (χ2v) is 4.30. The minimum absolute atomic E-state index is 0.211. The quantitative estimate of drug-likeness (QED) is 0.753. The normalized spacial score (nSPS) is 17.3. The smallest absolute Gasteiger partial charge is 0.339 e. The number of benzene rings is 1. The zero-order valence-electron chi connectivity index (χ0n) is 11.0. The Morgan fingerprint density at radius 3 is 2.67 bits per heavy atom. The number of esters is 1. The lowest BCUT2D eigenvalue weighted by Gasteiger charge is -2.15. The van der Waals surface area contributed by atoms with Gasteiger partial charge in [0.1, 0.15) is 6.10 Å². The van der Waals surface area contributed by atoms with E-state index in [0.717, 1.165) is 24.8 Å². The van der Waals surface area contributed by atoms with Crippen molar-refractivity contribution in [1.82, 2.24) is 0 Å². The average molecular weight is 250 g/mol. The maximum absolute atomic E-state index is 11.8. The standard InChI is InChI=1S/C14H18O4/c1-4-5-6-10-12-9(14(15)18-10)7-8-11(16-2)13(12)17-3/h7-8,10H,4-6H2,1-3H3. The Labute approximate surface area is 107 Å². The van der Waals surface area contributed by atoms with Crippen molar-refractivity contribution >= 4 is 5.97 Å². The molecule has 1 aromatic rings. The highest BCUT2D eigenvalue weighted by Gasteiger charge is 2.35. The molecule has 0 aromatic heterocycles. The number of cyclic esters (lactones) is 1. The highest BCUT2D eigenvalue weighted by Crippen LogP contribution is 2.44. The number of carbonyl (C=O) groups is 1. The molecule has 0 saturated heterocycles. The molecule has 0 fully saturated rings. The van der Waals surface area contributed by atoms with Crippen LogP contribution in [0.5, 0.6) is 11.5 Å². The van der Waals surface area contributed by atoms with E-state index in [4.69, 9.17) is 14.2 Å². The summed E-state index contributed by atoms with van der Waals surface area (Å²) in [5.41, 5.74) is 1.42. The van der Waals surface area contributed by atoms with Gasteiger partial charge in [0, 0.05) is 0 Å². The second kappa shape index (κ2) is 5.29. The molecule has 0 bridgehead atoms. The van der Waals surface area contributed by atoms with Gasteiger partial charge in [-0.1, -0.05) is 13.3 Å². The zero-order valence-corrected chi connectivity index (χ0v) is 11.0. The summed E-state index contributed by atoms with van der Waals surface area (Å²) in [7, 11) is 3.17. The number of hydrogen-bond acceptors (Lipinski definition) is 4. The molecule has 0 aliphatic carbocycles. The minimum Gasteiger partial charge on any atom is -0.493 e. The third kappa shape index (κ3) is 2.03. The number of fused-ring (bicyclic) bond motifs is 1. The topological polar surface area (TPSA) is 44.8 Å². The molecule has 0 N–H and O–H groups in total. The summed E-state index contributed by atoms with van der Waals surface area (Å²) in [5.74, 6) is 0.977. The Morgan fingerprint density at radius 1 is 1.28 bits per heavy atom. The second-order valence-electron chi connectivity index (χ2n) is 4.30. The van der Waals surface area contributed by atoms with Crippen molar-refractivity contribution in [2.24, 2.45) is 0 Å². The minimum atomic E-state index is -0.271. The van der Waals surface area contributed by atoms with Crippen molar-refractivity contribution < 1.29 is 19.0 Å². The van der Waals surface area contributed by atoms with Gasteiger partial charge in [0.15, 0.2) is 11.5 Å². The zero-order chi connectivity index (χ0) is 13.1. The summed E-state index contributed by atoms with van der Waals surface area (Å²) in [6.07, 6.45) is 2.68. The van der Waals surface area contributed by atoms with Crippen LogP contribution in [0.2, 0.25) is 0 Å². The first-order valence-corrected chi connectivity index (χ1v) is 6.18. The fourth-order valence-electron chi connectivity index (χ4n) is 2.29.